The number of likely N-dealkylation sites (N-methyl/N-ethyl adjacent to an activating group) is 1. The van der Waals surface area contributed by atoms with Crippen LogP contribution in [0, 0.1) is 0 Å². The Hall–Kier alpha value is -3.94. The van der Waals surface area contributed by atoms with E-state index in [1.807, 2.05) is 36.4 Å². The number of aromatic nitrogens is 2. The highest BCUT2D eigenvalue weighted by Gasteiger charge is 2.16. The first kappa shape index (κ1) is 20.8. The number of ether oxygens (including phenoxy) is 1. The Morgan fingerprint density at radius 3 is 2.23 bits per heavy atom. The van der Waals surface area contributed by atoms with Crippen molar-refractivity contribution in [2.75, 3.05) is 18.6 Å². The lowest BCUT2D eigenvalue weighted by atomic mass is 10.2. The molecule has 0 aliphatic carbocycles. The molecule has 1 aromatic heterocycles. The Bertz CT molecular complexity index is 1140. The summed E-state index contributed by atoms with van der Waals surface area (Å²) in [6, 6.07) is 19.4. The van der Waals surface area contributed by atoms with Gasteiger partial charge in [0.25, 0.3) is 11.5 Å². The van der Waals surface area contributed by atoms with Crippen LogP contribution < -0.4 is 16.1 Å². The maximum absolute atomic E-state index is 12.6. The van der Waals surface area contributed by atoms with Gasteiger partial charge in [-0.05, 0) is 17.7 Å². The molecule has 8 heteroatoms. The third kappa shape index (κ3) is 5.11. The monoisotopic (exact) mass is 407 g/mol. The number of carbonyl (C=O) groups is 2. The maximum Gasteiger partial charge on any atom is 0.331 e. The summed E-state index contributed by atoms with van der Waals surface area (Å²) in [6.45, 7) is -0.811. The second-order valence-electron chi connectivity index (χ2n) is 6.59. The first-order valence-corrected chi connectivity index (χ1v) is 9.27. The van der Waals surface area contributed by atoms with Crippen molar-refractivity contribution >= 4 is 17.6 Å². The normalized spacial score (nSPS) is 10.4. The van der Waals surface area contributed by atoms with E-state index in [4.69, 9.17) is 4.74 Å². The highest BCUT2D eigenvalue weighted by Crippen LogP contribution is 2.11. The molecule has 0 spiro atoms. The van der Waals surface area contributed by atoms with Gasteiger partial charge in [-0.15, -0.1) is 0 Å². The topological polar surface area (TPSA) is 90.6 Å². The highest BCUT2D eigenvalue weighted by molar-refractivity contribution is 5.94. The van der Waals surface area contributed by atoms with Gasteiger partial charge in [0.15, 0.2) is 6.61 Å². The minimum absolute atomic E-state index is 0.259. The third-order valence-electron chi connectivity index (χ3n) is 4.50. The van der Waals surface area contributed by atoms with Crippen LogP contribution in [0.15, 0.2) is 82.5 Å². The van der Waals surface area contributed by atoms with E-state index in [2.05, 4.69) is 0 Å². The van der Waals surface area contributed by atoms with E-state index < -0.39 is 36.3 Å². The first-order valence-electron chi connectivity index (χ1n) is 9.27. The Morgan fingerprint density at radius 1 is 0.933 bits per heavy atom. The maximum atomic E-state index is 12.6. The number of para-hydroxylation sites is 1. The predicted octanol–water partition coefficient (Wildman–Crippen LogP) is 1.26. The number of amides is 1. The number of hydrogen-bond donors (Lipinski definition) is 0. The zero-order valence-corrected chi connectivity index (χ0v) is 16.4. The molecule has 0 bridgehead atoms. The van der Waals surface area contributed by atoms with Gasteiger partial charge >= 0.3 is 11.7 Å². The molecule has 8 nitrogen and oxygen atoms in total. The van der Waals surface area contributed by atoms with Crippen molar-refractivity contribution in [3.63, 3.8) is 0 Å². The molecule has 2 aromatic carbocycles. The van der Waals surface area contributed by atoms with Crippen LogP contribution in [0.25, 0.3) is 0 Å². The Kier molecular flexibility index (Phi) is 6.59. The molecule has 0 radical (unpaired) electrons. The van der Waals surface area contributed by atoms with E-state index in [1.165, 1.54) is 21.7 Å². The van der Waals surface area contributed by atoms with Crippen LogP contribution in [0.3, 0.4) is 0 Å². The van der Waals surface area contributed by atoms with Gasteiger partial charge in [-0.2, -0.15) is 0 Å². The van der Waals surface area contributed by atoms with Gasteiger partial charge in [0, 0.05) is 25.0 Å². The summed E-state index contributed by atoms with van der Waals surface area (Å²) in [5.74, 6) is -1.28. The molecular weight excluding hydrogens is 386 g/mol. The quantitative estimate of drug-likeness (QED) is 0.550. The lowest BCUT2D eigenvalue weighted by Gasteiger charge is -2.17. The molecule has 0 atom stereocenters. The summed E-state index contributed by atoms with van der Waals surface area (Å²) in [6.07, 6.45) is 1.39. The fourth-order valence-electron chi connectivity index (χ4n) is 2.81. The number of anilines is 1. The minimum atomic E-state index is -0.846. The number of rotatable bonds is 7. The van der Waals surface area contributed by atoms with Gasteiger partial charge in [0.05, 0.1) is 6.54 Å². The fourth-order valence-corrected chi connectivity index (χ4v) is 2.81. The summed E-state index contributed by atoms with van der Waals surface area (Å²) < 4.78 is 7.10. The zero-order valence-electron chi connectivity index (χ0n) is 16.4. The second kappa shape index (κ2) is 9.51. The van der Waals surface area contributed by atoms with Gasteiger partial charge in [-0.25, -0.2) is 9.36 Å². The Morgan fingerprint density at radius 2 is 1.57 bits per heavy atom. The summed E-state index contributed by atoms with van der Waals surface area (Å²) in [7, 11) is 1.56. The molecular formula is C22H21N3O5. The van der Waals surface area contributed by atoms with Crippen LogP contribution in [-0.2, 0) is 27.4 Å². The van der Waals surface area contributed by atoms with Crippen molar-refractivity contribution in [1.29, 1.82) is 0 Å². The van der Waals surface area contributed by atoms with Crippen molar-refractivity contribution in [2.45, 2.75) is 13.1 Å². The first-order chi connectivity index (χ1) is 14.5. The zero-order chi connectivity index (χ0) is 21.5. The number of carbonyl (C=O) groups excluding carboxylic acids is 2. The van der Waals surface area contributed by atoms with E-state index in [1.54, 1.807) is 31.3 Å². The van der Waals surface area contributed by atoms with Crippen LogP contribution in [-0.4, -0.2) is 34.7 Å². The number of esters is 1. The molecule has 0 saturated heterocycles. The van der Waals surface area contributed by atoms with E-state index in [9.17, 15) is 19.2 Å². The fraction of sp³-hybridized carbons (Fsp3) is 0.182. The summed E-state index contributed by atoms with van der Waals surface area (Å²) in [5.41, 5.74) is 0.286. The lowest BCUT2D eigenvalue weighted by molar-refractivity contribution is -0.148. The molecule has 0 aliphatic heterocycles. The van der Waals surface area contributed by atoms with Crippen molar-refractivity contribution in [3.8, 4) is 0 Å². The number of nitrogens with zero attached hydrogens (tertiary/aromatic N) is 3. The van der Waals surface area contributed by atoms with Crippen molar-refractivity contribution < 1.29 is 14.3 Å². The minimum Gasteiger partial charge on any atom is -0.454 e. The summed E-state index contributed by atoms with van der Waals surface area (Å²) >= 11 is 0. The number of benzene rings is 2. The standard InChI is InChI=1S/C22H21N3O5/c1-23(18-10-6-3-7-11-18)20(27)16-30-21(28)15-25-19(26)12-13-24(22(25)29)14-17-8-4-2-5-9-17/h2-13H,14-16H2,1H3. The Balaban J connectivity index is 1.65. The number of hydrogen-bond acceptors (Lipinski definition) is 5. The van der Waals surface area contributed by atoms with E-state index in [-0.39, 0.29) is 6.54 Å². The van der Waals surface area contributed by atoms with Gasteiger partial charge in [0.2, 0.25) is 0 Å². The molecule has 154 valence electrons. The SMILES string of the molecule is CN(C(=O)COC(=O)Cn1c(=O)ccn(Cc2ccccc2)c1=O)c1ccccc1. The van der Waals surface area contributed by atoms with E-state index in [0.29, 0.717) is 5.69 Å². The van der Waals surface area contributed by atoms with Crippen LogP contribution >= 0.6 is 0 Å². The van der Waals surface area contributed by atoms with Crippen molar-refractivity contribution in [2.24, 2.45) is 0 Å². The van der Waals surface area contributed by atoms with Gasteiger partial charge in [0.1, 0.15) is 6.54 Å². The molecule has 1 heterocycles. The van der Waals surface area contributed by atoms with Gasteiger partial charge in [-0.1, -0.05) is 48.5 Å². The van der Waals surface area contributed by atoms with E-state index >= 15 is 0 Å². The molecule has 0 aliphatic rings. The molecule has 3 aromatic rings. The molecule has 3 rings (SSSR count). The average Bonchev–Trinajstić information content (AvgIpc) is 2.77. The molecule has 0 saturated carbocycles. The Labute approximate surface area is 172 Å². The molecule has 1 amide bonds. The van der Waals surface area contributed by atoms with Crippen LogP contribution in [0.1, 0.15) is 5.56 Å². The van der Waals surface area contributed by atoms with Crippen molar-refractivity contribution in [3.05, 3.63) is 99.3 Å². The molecule has 0 fully saturated rings. The van der Waals surface area contributed by atoms with Crippen LogP contribution in [0.5, 0.6) is 0 Å². The second-order valence-corrected chi connectivity index (χ2v) is 6.59. The summed E-state index contributed by atoms with van der Waals surface area (Å²) in [5, 5.41) is 0. The van der Waals surface area contributed by atoms with Crippen LogP contribution in [0.4, 0.5) is 5.69 Å². The molecule has 0 N–H and O–H groups in total. The third-order valence-corrected chi connectivity index (χ3v) is 4.50. The lowest BCUT2D eigenvalue weighted by Crippen LogP contribution is -2.41. The van der Waals surface area contributed by atoms with Gasteiger partial charge in [-0.3, -0.25) is 19.0 Å². The van der Waals surface area contributed by atoms with Crippen LogP contribution in [0.2, 0.25) is 0 Å². The molecule has 0 unspecified atom stereocenters. The predicted molar refractivity (Wildman–Crippen MR) is 111 cm³/mol. The van der Waals surface area contributed by atoms with Crippen molar-refractivity contribution in [1.82, 2.24) is 9.13 Å². The van der Waals surface area contributed by atoms with E-state index in [0.717, 1.165) is 10.1 Å². The summed E-state index contributed by atoms with van der Waals surface area (Å²) in [4.78, 5) is 50.4. The van der Waals surface area contributed by atoms with Gasteiger partial charge < -0.3 is 9.64 Å². The highest BCUT2D eigenvalue weighted by atomic mass is 16.5. The smallest absolute Gasteiger partial charge is 0.331 e. The molecule has 30 heavy (non-hydrogen) atoms. The average molecular weight is 407 g/mol. The largest absolute Gasteiger partial charge is 0.454 e.